The van der Waals surface area contributed by atoms with Gasteiger partial charge in [0.1, 0.15) is 17.1 Å². The predicted molar refractivity (Wildman–Crippen MR) is 114 cm³/mol. The number of amides is 1. The molecule has 30 heavy (non-hydrogen) atoms. The molecule has 0 radical (unpaired) electrons. The number of anilines is 1. The molecule has 0 atom stereocenters. The summed E-state index contributed by atoms with van der Waals surface area (Å²) in [5.41, 5.74) is 4.20. The average molecular weight is 418 g/mol. The highest BCUT2D eigenvalue weighted by molar-refractivity contribution is 8.00. The number of aromatic nitrogens is 5. The van der Waals surface area contributed by atoms with E-state index in [2.05, 4.69) is 26.3 Å². The van der Waals surface area contributed by atoms with Crippen molar-refractivity contribution in [2.45, 2.75) is 11.4 Å². The fraction of sp³-hybridized carbons (Fsp3) is 0.190. The van der Waals surface area contributed by atoms with E-state index < -0.39 is 0 Å². The first-order valence-electron chi connectivity index (χ1n) is 9.46. The van der Waals surface area contributed by atoms with E-state index in [0.29, 0.717) is 22.7 Å². The molecule has 4 aromatic rings. The van der Waals surface area contributed by atoms with E-state index in [4.69, 9.17) is 4.74 Å². The number of carbonyl (C=O) groups excluding carboxylic acids is 1. The standard InChI is InChI=1S/C21H18N6O2S/c1-29-16-8-6-15(7-9-16)27-20-19(24-25-27)21(23-13-22-20)30-12-18(28)26-11-10-14-4-2-3-5-17(14)26/h2-9,13H,10-12H2,1H3. The zero-order valence-corrected chi connectivity index (χ0v) is 17.0. The Labute approximate surface area is 176 Å². The number of rotatable bonds is 5. The first kappa shape index (κ1) is 18.6. The second kappa shape index (κ2) is 7.75. The van der Waals surface area contributed by atoms with Crippen molar-refractivity contribution < 1.29 is 9.53 Å². The maximum Gasteiger partial charge on any atom is 0.237 e. The highest BCUT2D eigenvalue weighted by atomic mass is 32.2. The molecule has 3 heterocycles. The molecular weight excluding hydrogens is 400 g/mol. The van der Waals surface area contributed by atoms with E-state index in [1.54, 1.807) is 11.8 Å². The number of fused-ring (bicyclic) bond motifs is 2. The van der Waals surface area contributed by atoms with Gasteiger partial charge in [0.2, 0.25) is 5.91 Å². The van der Waals surface area contributed by atoms with Gasteiger partial charge in [0.05, 0.1) is 18.6 Å². The lowest BCUT2D eigenvalue weighted by molar-refractivity contribution is -0.116. The summed E-state index contributed by atoms with van der Waals surface area (Å²) in [6.07, 6.45) is 2.37. The fourth-order valence-electron chi connectivity index (χ4n) is 3.54. The summed E-state index contributed by atoms with van der Waals surface area (Å²) < 4.78 is 6.85. The van der Waals surface area contributed by atoms with Crippen molar-refractivity contribution in [3.8, 4) is 11.4 Å². The summed E-state index contributed by atoms with van der Waals surface area (Å²) in [6, 6.07) is 15.5. The largest absolute Gasteiger partial charge is 0.497 e. The molecule has 2 aromatic heterocycles. The van der Waals surface area contributed by atoms with Crippen LogP contribution < -0.4 is 9.64 Å². The molecule has 0 saturated carbocycles. The molecule has 0 saturated heterocycles. The molecule has 0 aliphatic carbocycles. The van der Waals surface area contributed by atoms with E-state index >= 15 is 0 Å². The lowest BCUT2D eigenvalue weighted by Crippen LogP contribution is -2.30. The van der Waals surface area contributed by atoms with Crippen molar-refractivity contribution in [2.75, 3.05) is 24.3 Å². The minimum Gasteiger partial charge on any atom is -0.497 e. The van der Waals surface area contributed by atoms with Gasteiger partial charge >= 0.3 is 0 Å². The molecule has 9 heteroatoms. The van der Waals surface area contributed by atoms with Crippen molar-refractivity contribution >= 4 is 34.5 Å². The van der Waals surface area contributed by atoms with Crippen molar-refractivity contribution in [2.24, 2.45) is 0 Å². The van der Waals surface area contributed by atoms with Gasteiger partial charge in [-0.3, -0.25) is 4.79 Å². The quantitative estimate of drug-likeness (QED) is 0.364. The van der Waals surface area contributed by atoms with E-state index in [1.165, 1.54) is 23.7 Å². The van der Waals surface area contributed by atoms with Crippen LogP contribution in [0.25, 0.3) is 16.9 Å². The van der Waals surface area contributed by atoms with E-state index in [0.717, 1.165) is 23.5 Å². The molecule has 2 aromatic carbocycles. The van der Waals surface area contributed by atoms with Gasteiger partial charge in [0.25, 0.3) is 0 Å². The molecular formula is C21H18N6O2S. The van der Waals surface area contributed by atoms with Gasteiger partial charge in [-0.25, -0.2) is 9.97 Å². The topological polar surface area (TPSA) is 86.0 Å². The fourth-order valence-corrected chi connectivity index (χ4v) is 4.34. The minimum absolute atomic E-state index is 0.0549. The van der Waals surface area contributed by atoms with Gasteiger partial charge in [-0.1, -0.05) is 35.2 Å². The molecule has 0 N–H and O–H groups in total. The zero-order valence-electron chi connectivity index (χ0n) is 16.2. The number of nitrogens with zero attached hydrogens (tertiary/aromatic N) is 6. The Bertz CT molecular complexity index is 1220. The second-order valence-corrected chi connectivity index (χ2v) is 7.73. The Balaban J connectivity index is 1.37. The van der Waals surface area contributed by atoms with Crippen LogP contribution in [-0.4, -0.2) is 50.3 Å². The second-order valence-electron chi connectivity index (χ2n) is 6.76. The summed E-state index contributed by atoms with van der Waals surface area (Å²) in [5, 5.41) is 9.13. The highest BCUT2D eigenvalue weighted by Gasteiger charge is 2.24. The maximum atomic E-state index is 12.8. The molecule has 5 rings (SSSR count). The first-order valence-corrected chi connectivity index (χ1v) is 10.4. The van der Waals surface area contributed by atoms with Crippen LogP contribution in [-0.2, 0) is 11.2 Å². The van der Waals surface area contributed by atoms with Crippen LogP contribution >= 0.6 is 11.8 Å². The average Bonchev–Trinajstić information content (AvgIpc) is 3.42. The van der Waals surface area contributed by atoms with E-state index in [1.807, 2.05) is 47.4 Å². The normalized spacial score (nSPS) is 12.9. The maximum absolute atomic E-state index is 12.8. The van der Waals surface area contributed by atoms with Crippen molar-refractivity contribution in [1.82, 2.24) is 25.0 Å². The lowest BCUT2D eigenvalue weighted by atomic mass is 10.2. The summed E-state index contributed by atoms with van der Waals surface area (Å²) in [4.78, 5) is 23.3. The molecule has 8 nitrogen and oxygen atoms in total. The van der Waals surface area contributed by atoms with Crippen LogP contribution in [0.2, 0.25) is 0 Å². The number of para-hydroxylation sites is 1. The summed E-state index contributed by atoms with van der Waals surface area (Å²) in [7, 11) is 1.62. The van der Waals surface area contributed by atoms with Gasteiger partial charge < -0.3 is 9.64 Å². The molecule has 0 fully saturated rings. The molecule has 150 valence electrons. The van der Waals surface area contributed by atoms with Crippen molar-refractivity contribution in [3.05, 3.63) is 60.4 Å². The minimum atomic E-state index is 0.0549. The Morgan fingerprint density at radius 2 is 1.97 bits per heavy atom. The van der Waals surface area contributed by atoms with Crippen LogP contribution in [0.15, 0.2) is 59.9 Å². The first-order chi connectivity index (χ1) is 14.7. The lowest BCUT2D eigenvalue weighted by Gasteiger charge is -2.16. The van der Waals surface area contributed by atoms with Gasteiger partial charge in [-0.05, 0) is 42.3 Å². The monoisotopic (exact) mass is 418 g/mol. The number of benzene rings is 2. The van der Waals surface area contributed by atoms with Gasteiger partial charge in [-0.15, -0.1) is 5.10 Å². The van der Waals surface area contributed by atoms with E-state index in [-0.39, 0.29) is 11.7 Å². The van der Waals surface area contributed by atoms with Gasteiger partial charge in [0, 0.05) is 12.2 Å². The van der Waals surface area contributed by atoms with Crippen LogP contribution in [0.1, 0.15) is 5.56 Å². The predicted octanol–water partition coefficient (Wildman–Crippen LogP) is 2.90. The smallest absolute Gasteiger partial charge is 0.237 e. The van der Waals surface area contributed by atoms with Gasteiger partial charge in [0.15, 0.2) is 11.2 Å². The number of methoxy groups -OCH3 is 1. The molecule has 1 aliphatic heterocycles. The summed E-state index contributed by atoms with van der Waals surface area (Å²) in [6.45, 7) is 0.714. The molecule has 1 aliphatic rings. The number of carbonyl (C=O) groups is 1. The van der Waals surface area contributed by atoms with E-state index in [9.17, 15) is 4.79 Å². The van der Waals surface area contributed by atoms with Crippen LogP contribution in [0.4, 0.5) is 5.69 Å². The molecule has 1 amide bonds. The Hall–Kier alpha value is -3.46. The Morgan fingerprint density at radius 1 is 1.13 bits per heavy atom. The van der Waals surface area contributed by atoms with Crippen LogP contribution in [0, 0.1) is 0 Å². The zero-order chi connectivity index (χ0) is 20.5. The molecule has 0 bridgehead atoms. The summed E-state index contributed by atoms with van der Waals surface area (Å²) in [5.74, 6) is 1.09. The van der Waals surface area contributed by atoms with Crippen LogP contribution in [0.3, 0.4) is 0 Å². The van der Waals surface area contributed by atoms with Crippen LogP contribution in [0.5, 0.6) is 5.75 Å². The Kier molecular flexibility index (Phi) is 4.80. The third-order valence-electron chi connectivity index (χ3n) is 5.04. The highest BCUT2D eigenvalue weighted by Crippen LogP contribution is 2.30. The number of hydrogen-bond donors (Lipinski definition) is 0. The van der Waals surface area contributed by atoms with Crippen molar-refractivity contribution in [1.29, 1.82) is 0 Å². The molecule has 0 unspecified atom stereocenters. The number of thioether (sulfide) groups is 1. The summed E-state index contributed by atoms with van der Waals surface area (Å²) >= 11 is 1.36. The number of ether oxygens (including phenoxy) is 1. The molecule has 0 spiro atoms. The SMILES string of the molecule is COc1ccc(-n2nnc3c(SCC(=O)N4CCc5ccccc54)ncnc32)cc1. The van der Waals surface area contributed by atoms with Gasteiger partial charge in [-0.2, -0.15) is 4.68 Å². The Morgan fingerprint density at radius 3 is 2.80 bits per heavy atom. The third kappa shape index (κ3) is 3.26. The third-order valence-corrected chi connectivity index (χ3v) is 6.01. The number of hydrogen-bond acceptors (Lipinski definition) is 7. The van der Waals surface area contributed by atoms with Crippen molar-refractivity contribution in [3.63, 3.8) is 0 Å².